The summed E-state index contributed by atoms with van der Waals surface area (Å²) in [6.45, 7) is 15.3. The summed E-state index contributed by atoms with van der Waals surface area (Å²) in [6.07, 6.45) is 8.78. The first-order valence-electron chi connectivity index (χ1n) is 10.3. The van der Waals surface area contributed by atoms with E-state index < -0.39 is 0 Å². The second-order valence-corrected chi connectivity index (χ2v) is 9.52. The number of hydrogen-bond donors (Lipinski definition) is 0. The molecule has 1 aliphatic carbocycles. The topological polar surface area (TPSA) is 9.72 Å². The average Bonchev–Trinajstić information content (AvgIpc) is 2.46. The largest absolute Gasteiger partial charge is 0.301 e. The van der Waals surface area contributed by atoms with Crippen molar-refractivity contribution in [2.75, 3.05) is 39.3 Å². The molecule has 3 aliphatic heterocycles. The third-order valence-electron chi connectivity index (χ3n) is 7.67. The van der Waals surface area contributed by atoms with Crippen LogP contribution in [0.25, 0.3) is 0 Å². The number of nitrogens with zero attached hydrogens (tertiary/aromatic N) is 3. The molecule has 0 N–H and O–H groups in total. The fraction of sp³-hybridized carbons (Fsp3) is 1.00. The summed E-state index contributed by atoms with van der Waals surface area (Å²) in [5.41, 5.74) is 0.738. The van der Waals surface area contributed by atoms with Crippen molar-refractivity contribution in [3.8, 4) is 0 Å². The highest BCUT2D eigenvalue weighted by molar-refractivity contribution is 5.05. The molecule has 0 radical (unpaired) electrons. The Morgan fingerprint density at radius 3 is 2.00 bits per heavy atom. The highest BCUT2D eigenvalue weighted by Gasteiger charge is 2.50. The zero-order valence-corrected chi connectivity index (χ0v) is 15.6. The van der Waals surface area contributed by atoms with Crippen molar-refractivity contribution in [1.82, 2.24) is 14.7 Å². The smallest absolute Gasteiger partial charge is 0.0350 e. The minimum absolute atomic E-state index is 0.738. The molecule has 3 heteroatoms. The maximum Gasteiger partial charge on any atom is 0.0350 e. The molecule has 0 amide bonds. The molecular weight excluding hydrogens is 282 g/mol. The van der Waals surface area contributed by atoms with Crippen LogP contribution in [-0.2, 0) is 0 Å². The summed E-state index contributed by atoms with van der Waals surface area (Å²) in [4.78, 5) is 8.27. The average molecular weight is 320 g/mol. The zero-order chi connectivity index (χ0) is 16.0. The first-order chi connectivity index (χ1) is 11.0. The second kappa shape index (κ2) is 6.31. The Hall–Kier alpha value is -0.120. The van der Waals surface area contributed by atoms with Crippen molar-refractivity contribution < 1.29 is 0 Å². The summed E-state index contributed by atoms with van der Waals surface area (Å²) in [5.74, 6) is 0.964. The molecule has 4 rings (SSSR count). The molecule has 0 aromatic carbocycles. The van der Waals surface area contributed by atoms with Crippen molar-refractivity contribution in [2.45, 2.75) is 77.4 Å². The van der Waals surface area contributed by atoms with Gasteiger partial charge in [0.25, 0.3) is 0 Å². The van der Waals surface area contributed by atoms with E-state index in [4.69, 9.17) is 0 Å². The molecule has 0 atom stereocenters. The summed E-state index contributed by atoms with van der Waals surface area (Å²) in [5, 5.41) is 0. The lowest BCUT2D eigenvalue weighted by Crippen LogP contribution is -2.67. The molecule has 132 valence electrons. The third kappa shape index (κ3) is 3.21. The lowest BCUT2D eigenvalue weighted by Gasteiger charge is -2.60. The predicted molar refractivity (Wildman–Crippen MR) is 96.7 cm³/mol. The van der Waals surface area contributed by atoms with Gasteiger partial charge in [0, 0.05) is 31.2 Å². The van der Waals surface area contributed by atoms with Gasteiger partial charge in [-0.15, -0.1) is 0 Å². The van der Waals surface area contributed by atoms with Crippen LogP contribution in [0.1, 0.15) is 59.3 Å². The zero-order valence-electron chi connectivity index (χ0n) is 15.6. The quantitative estimate of drug-likeness (QED) is 0.791. The molecule has 3 nitrogen and oxygen atoms in total. The molecule has 1 spiro atoms. The number of rotatable bonds is 3. The molecule has 23 heavy (non-hydrogen) atoms. The first kappa shape index (κ1) is 16.4. The molecule has 0 aromatic rings. The molecule has 0 aromatic heterocycles. The van der Waals surface area contributed by atoms with E-state index in [1.54, 1.807) is 0 Å². The van der Waals surface area contributed by atoms with Gasteiger partial charge in [0.05, 0.1) is 0 Å². The lowest BCUT2D eigenvalue weighted by molar-refractivity contribution is -0.0946. The highest BCUT2D eigenvalue weighted by atomic mass is 15.3. The standard InChI is InChI=1S/C20H37N3/c1-16(2)21-10-6-20(7-11-21)12-18(13-20)23-14-19(15-23)22-8-4-17(3)5-9-22/h16-19H,4-15H2,1-3H3. The van der Waals surface area contributed by atoms with Gasteiger partial charge in [0.2, 0.25) is 0 Å². The van der Waals surface area contributed by atoms with E-state index in [1.165, 1.54) is 77.8 Å². The molecule has 4 fully saturated rings. The van der Waals surface area contributed by atoms with Gasteiger partial charge in [0.1, 0.15) is 0 Å². The van der Waals surface area contributed by atoms with Crippen LogP contribution in [0.5, 0.6) is 0 Å². The number of hydrogen-bond acceptors (Lipinski definition) is 3. The molecule has 0 bridgehead atoms. The van der Waals surface area contributed by atoms with Gasteiger partial charge in [-0.2, -0.15) is 0 Å². The Kier molecular flexibility index (Phi) is 4.49. The third-order valence-corrected chi connectivity index (χ3v) is 7.67. The Morgan fingerprint density at radius 1 is 0.826 bits per heavy atom. The SMILES string of the molecule is CC1CCN(C2CN(C3CC4(CCN(C(C)C)CC4)C3)C2)CC1. The van der Waals surface area contributed by atoms with E-state index >= 15 is 0 Å². The molecule has 3 saturated heterocycles. The maximum absolute atomic E-state index is 2.81. The van der Waals surface area contributed by atoms with Crippen LogP contribution in [0.15, 0.2) is 0 Å². The fourth-order valence-corrected chi connectivity index (χ4v) is 5.53. The van der Waals surface area contributed by atoms with Crippen LogP contribution in [-0.4, -0.2) is 72.1 Å². The van der Waals surface area contributed by atoms with Crippen LogP contribution in [0.2, 0.25) is 0 Å². The molecule has 4 aliphatic rings. The van der Waals surface area contributed by atoms with Crippen LogP contribution in [0.4, 0.5) is 0 Å². The van der Waals surface area contributed by atoms with Crippen molar-refractivity contribution in [2.24, 2.45) is 11.3 Å². The van der Waals surface area contributed by atoms with Gasteiger partial charge in [-0.3, -0.25) is 9.80 Å². The van der Waals surface area contributed by atoms with Gasteiger partial charge in [-0.25, -0.2) is 0 Å². The minimum atomic E-state index is 0.738. The maximum atomic E-state index is 2.81. The summed E-state index contributed by atoms with van der Waals surface area (Å²) < 4.78 is 0. The Balaban J connectivity index is 1.18. The van der Waals surface area contributed by atoms with Crippen LogP contribution < -0.4 is 0 Å². The summed E-state index contributed by atoms with van der Waals surface area (Å²) >= 11 is 0. The second-order valence-electron chi connectivity index (χ2n) is 9.52. The van der Waals surface area contributed by atoms with E-state index in [1.807, 2.05) is 0 Å². The van der Waals surface area contributed by atoms with Crippen molar-refractivity contribution in [3.63, 3.8) is 0 Å². The number of piperidine rings is 2. The number of likely N-dealkylation sites (tertiary alicyclic amines) is 3. The summed E-state index contributed by atoms with van der Waals surface area (Å²) in [7, 11) is 0. The fourth-order valence-electron chi connectivity index (χ4n) is 5.53. The molecule has 3 heterocycles. The van der Waals surface area contributed by atoms with Crippen molar-refractivity contribution in [1.29, 1.82) is 0 Å². The predicted octanol–water partition coefficient (Wildman–Crippen LogP) is 3.06. The van der Waals surface area contributed by atoms with Gasteiger partial charge in [0.15, 0.2) is 0 Å². The van der Waals surface area contributed by atoms with Crippen molar-refractivity contribution in [3.05, 3.63) is 0 Å². The Bertz CT molecular complexity index is 391. The van der Waals surface area contributed by atoms with E-state index in [9.17, 15) is 0 Å². The molecule has 0 unspecified atom stereocenters. The van der Waals surface area contributed by atoms with Crippen LogP contribution in [0.3, 0.4) is 0 Å². The van der Waals surface area contributed by atoms with Gasteiger partial charge in [-0.05, 0) is 89.9 Å². The van der Waals surface area contributed by atoms with Crippen LogP contribution >= 0.6 is 0 Å². The molecular formula is C20H37N3. The van der Waals surface area contributed by atoms with Crippen molar-refractivity contribution >= 4 is 0 Å². The first-order valence-corrected chi connectivity index (χ1v) is 10.3. The van der Waals surface area contributed by atoms with Crippen LogP contribution in [0, 0.1) is 11.3 Å². The Morgan fingerprint density at radius 2 is 1.43 bits per heavy atom. The molecule has 1 saturated carbocycles. The van der Waals surface area contributed by atoms with E-state index in [0.29, 0.717) is 0 Å². The highest BCUT2D eigenvalue weighted by Crippen LogP contribution is 2.52. The van der Waals surface area contributed by atoms with E-state index in [0.717, 1.165) is 29.5 Å². The monoisotopic (exact) mass is 319 g/mol. The van der Waals surface area contributed by atoms with Gasteiger partial charge in [-0.1, -0.05) is 6.92 Å². The van der Waals surface area contributed by atoms with E-state index in [-0.39, 0.29) is 0 Å². The van der Waals surface area contributed by atoms with Gasteiger partial charge >= 0.3 is 0 Å². The lowest BCUT2D eigenvalue weighted by atomic mass is 9.59. The normalized spacial score (nSPS) is 32.3. The minimum Gasteiger partial charge on any atom is -0.301 e. The Labute approximate surface area is 143 Å². The van der Waals surface area contributed by atoms with E-state index in [2.05, 4.69) is 35.5 Å². The summed E-state index contributed by atoms with van der Waals surface area (Å²) in [6, 6.07) is 2.56. The van der Waals surface area contributed by atoms with Gasteiger partial charge < -0.3 is 4.90 Å².